The lowest BCUT2D eigenvalue weighted by Gasteiger charge is -2.23. The van der Waals surface area contributed by atoms with E-state index in [1.807, 2.05) is 23.3 Å². The highest BCUT2D eigenvalue weighted by Crippen LogP contribution is 2.17. The molecule has 1 aromatic carbocycles. The summed E-state index contributed by atoms with van der Waals surface area (Å²) in [6.07, 6.45) is 8.13. The Bertz CT molecular complexity index is 776. The van der Waals surface area contributed by atoms with Crippen LogP contribution in [0.2, 0.25) is 0 Å². The summed E-state index contributed by atoms with van der Waals surface area (Å²) < 4.78 is 4.17. The van der Waals surface area contributed by atoms with Crippen LogP contribution >= 0.6 is 0 Å². The number of rotatable bonds is 6. The van der Waals surface area contributed by atoms with Crippen molar-refractivity contribution in [3.05, 3.63) is 66.0 Å². The summed E-state index contributed by atoms with van der Waals surface area (Å²) in [4.78, 5) is 0. The molecule has 0 radical (unpaired) electrons. The number of aromatic nitrogens is 5. The maximum atomic E-state index is 4.46. The predicted molar refractivity (Wildman–Crippen MR) is 91.3 cm³/mol. The van der Waals surface area contributed by atoms with Gasteiger partial charge in [-0.2, -0.15) is 5.10 Å². The maximum Gasteiger partial charge on any atom is 0.132 e. The summed E-state index contributed by atoms with van der Waals surface area (Å²) in [7, 11) is 0. The van der Waals surface area contributed by atoms with Gasteiger partial charge in [-0.1, -0.05) is 30.3 Å². The average molecular weight is 322 g/mol. The van der Waals surface area contributed by atoms with Crippen LogP contribution in [0.15, 0.2) is 49.1 Å². The fourth-order valence-electron chi connectivity index (χ4n) is 3.27. The Morgan fingerprint density at radius 1 is 1.17 bits per heavy atom. The van der Waals surface area contributed by atoms with E-state index in [9.17, 15) is 0 Å². The first-order valence-corrected chi connectivity index (χ1v) is 8.49. The third-order valence-electron chi connectivity index (χ3n) is 4.56. The molecule has 1 unspecified atom stereocenters. The van der Waals surface area contributed by atoms with E-state index in [1.165, 1.54) is 17.5 Å². The molecule has 2 aromatic heterocycles. The van der Waals surface area contributed by atoms with Gasteiger partial charge in [-0.15, -0.1) is 10.2 Å². The number of benzene rings is 1. The molecule has 1 aliphatic rings. The lowest BCUT2D eigenvalue weighted by Crippen LogP contribution is -2.29. The Balaban J connectivity index is 1.25. The minimum atomic E-state index is 0.646. The second kappa shape index (κ2) is 6.97. The van der Waals surface area contributed by atoms with Crippen molar-refractivity contribution in [3.8, 4) is 0 Å². The fourth-order valence-corrected chi connectivity index (χ4v) is 3.27. The first-order chi connectivity index (χ1) is 11.9. The molecule has 124 valence electrons. The fraction of sp³-hybridized carbons (Fsp3) is 0.389. The van der Waals surface area contributed by atoms with Gasteiger partial charge in [0, 0.05) is 31.3 Å². The Labute approximate surface area is 141 Å². The van der Waals surface area contributed by atoms with E-state index in [0.29, 0.717) is 5.92 Å². The summed E-state index contributed by atoms with van der Waals surface area (Å²) in [5, 5.41) is 16.1. The molecule has 3 heterocycles. The molecule has 0 saturated heterocycles. The summed E-state index contributed by atoms with van der Waals surface area (Å²) in [6.45, 7) is 3.71. The molecule has 0 spiro atoms. The zero-order valence-electron chi connectivity index (χ0n) is 13.7. The number of hydrogen-bond acceptors (Lipinski definition) is 4. The summed E-state index contributed by atoms with van der Waals surface area (Å²) in [5.41, 5.74) is 2.50. The molecular formula is C18H22N6. The Kier molecular flexibility index (Phi) is 4.38. The van der Waals surface area contributed by atoms with E-state index in [-0.39, 0.29) is 0 Å². The first kappa shape index (κ1) is 15.1. The van der Waals surface area contributed by atoms with Crippen molar-refractivity contribution in [1.82, 2.24) is 29.9 Å². The van der Waals surface area contributed by atoms with Crippen molar-refractivity contribution in [2.24, 2.45) is 5.92 Å². The number of aryl methyl sites for hydroxylation is 1. The van der Waals surface area contributed by atoms with Crippen molar-refractivity contribution < 1.29 is 0 Å². The zero-order chi connectivity index (χ0) is 16.2. The van der Waals surface area contributed by atoms with E-state index >= 15 is 0 Å². The summed E-state index contributed by atoms with van der Waals surface area (Å²) in [5.74, 6) is 1.77. The van der Waals surface area contributed by atoms with Crippen molar-refractivity contribution in [2.75, 3.05) is 6.54 Å². The van der Waals surface area contributed by atoms with Crippen LogP contribution in [0.25, 0.3) is 0 Å². The SMILES string of the molecule is c1ccc(Cn2cc(CNCC3CCc4nncn4C3)cn2)cc1. The van der Waals surface area contributed by atoms with Gasteiger partial charge in [-0.3, -0.25) is 4.68 Å². The van der Waals surface area contributed by atoms with Gasteiger partial charge in [-0.25, -0.2) is 0 Å². The van der Waals surface area contributed by atoms with E-state index in [2.05, 4.69) is 55.6 Å². The normalized spacial score (nSPS) is 16.9. The van der Waals surface area contributed by atoms with E-state index < -0.39 is 0 Å². The van der Waals surface area contributed by atoms with Crippen molar-refractivity contribution >= 4 is 0 Å². The number of hydrogen-bond donors (Lipinski definition) is 1. The topological polar surface area (TPSA) is 60.6 Å². The molecule has 1 atom stereocenters. The molecule has 6 heteroatoms. The highest BCUT2D eigenvalue weighted by Gasteiger charge is 2.18. The van der Waals surface area contributed by atoms with E-state index in [0.717, 1.165) is 38.4 Å². The molecule has 0 saturated carbocycles. The molecule has 1 aliphatic heterocycles. The first-order valence-electron chi connectivity index (χ1n) is 8.49. The van der Waals surface area contributed by atoms with Crippen LogP contribution in [0.4, 0.5) is 0 Å². The van der Waals surface area contributed by atoms with Gasteiger partial charge in [0.1, 0.15) is 12.2 Å². The second-order valence-corrected chi connectivity index (χ2v) is 6.47. The van der Waals surface area contributed by atoms with Crippen molar-refractivity contribution in [2.45, 2.75) is 32.5 Å². The van der Waals surface area contributed by atoms with Crippen LogP contribution in [-0.2, 0) is 26.1 Å². The summed E-state index contributed by atoms with van der Waals surface area (Å²) >= 11 is 0. The van der Waals surface area contributed by atoms with Gasteiger partial charge in [0.15, 0.2) is 0 Å². The van der Waals surface area contributed by atoms with Crippen LogP contribution in [-0.4, -0.2) is 31.1 Å². The zero-order valence-corrected chi connectivity index (χ0v) is 13.7. The van der Waals surface area contributed by atoms with Gasteiger partial charge in [0.2, 0.25) is 0 Å². The lowest BCUT2D eigenvalue weighted by molar-refractivity contribution is 0.347. The highest BCUT2D eigenvalue weighted by atomic mass is 15.3. The molecule has 3 aromatic rings. The van der Waals surface area contributed by atoms with Crippen molar-refractivity contribution in [3.63, 3.8) is 0 Å². The average Bonchev–Trinajstić information content (AvgIpc) is 3.25. The molecule has 0 amide bonds. The van der Waals surface area contributed by atoms with Crippen LogP contribution in [0.5, 0.6) is 0 Å². The van der Waals surface area contributed by atoms with Gasteiger partial charge in [0.25, 0.3) is 0 Å². The van der Waals surface area contributed by atoms with Crippen LogP contribution in [0.3, 0.4) is 0 Å². The third-order valence-corrected chi connectivity index (χ3v) is 4.56. The third kappa shape index (κ3) is 3.54. The highest BCUT2D eigenvalue weighted by molar-refractivity contribution is 5.15. The quantitative estimate of drug-likeness (QED) is 0.753. The Morgan fingerprint density at radius 3 is 3.00 bits per heavy atom. The van der Waals surface area contributed by atoms with Gasteiger partial charge >= 0.3 is 0 Å². The monoisotopic (exact) mass is 322 g/mol. The van der Waals surface area contributed by atoms with Crippen molar-refractivity contribution in [1.29, 1.82) is 0 Å². The molecule has 6 nitrogen and oxygen atoms in total. The molecule has 24 heavy (non-hydrogen) atoms. The lowest BCUT2D eigenvalue weighted by atomic mass is 9.99. The smallest absolute Gasteiger partial charge is 0.132 e. The summed E-state index contributed by atoms with van der Waals surface area (Å²) in [6, 6.07) is 10.4. The number of nitrogens with zero attached hydrogens (tertiary/aromatic N) is 5. The number of fused-ring (bicyclic) bond motifs is 1. The van der Waals surface area contributed by atoms with Gasteiger partial charge < -0.3 is 9.88 Å². The van der Waals surface area contributed by atoms with Gasteiger partial charge in [-0.05, 0) is 24.4 Å². The molecule has 0 aliphatic carbocycles. The van der Waals surface area contributed by atoms with Crippen LogP contribution in [0, 0.1) is 5.92 Å². The van der Waals surface area contributed by atoms with Crippen LogP contribution in [0.1, 0.15) is 23.4 Å². The molecular weight excluding hydrogens is 300 g/mol. The molecule has 0 fully saturated rings. The maximum absolute atomic E-state index is 4.46. The number of nitrogens with one attached hydrogen (secondary N) is 1. The standard InChI is InChI=1S/C18H22N6/c1-2-4-15(5-3-1)12-24-13-17(10-21-24)9-19-8-16-6-7-18-22-20-14-23(18)11-16/h1-5,10,13-14,16,19H,6-9,11-12H2. The minimum Gasteiger partial charge on any atom is -0.317 e. The van der Waals surface area contributed by atoms with E-state index in [1.54, 1.807) is 0 Å². The molecule has 1 N–H and O–H groups in total. The molecule has 0 bridgehead atoms. The largest absolute Gasteiger partial charge is 0.317 e. The van der Waals surface area contributed by atoms with Crippen LogP contribution < -0.4 is 5.32 Å². The predicted octanol–water partition coefficient (Wildman–Crippen LogP) is 1.88. The Hall–Kier alpha value is -2.47. The van der Waals surface area contributed by atoms with Gasteiger partial charge in [0.05, 0.1) is 12.7 Å². The minimum absolute atomic E-state index is 0.646. The Morgan fingerprint density at radius 2 is 2.08 bits per heavy atom. The second-order valence-electron chi connectivity index (χ2n) is 6.47. The molecule has 4 rings (SSSR count). The van der Waals surface area contributed by atoms with E-state index in [4.69, 9.17) is 0 Å².